The van der Waals surface area contributed by atoms with Gasteiger partial charge in [0.15, 0.2) is 0 Å². The molecule has 1 heterocycles. The maximum atomic E-state index is 12.1. The van der Waals surface area contributed by atoms with Crippen LogP contribution in [0.4, 0.5) is 5.69 Å². The van der Waals surface area contributed by atoms with Gasteiger partial charge in [-0.2, -0.15) is 5.10 Å². The fourth-order valence-corrected chi connectivity index (χ4v) is 1.87. The number of nitrogens with two attached hydrogens (primary N) is 1. The van der Waals surface area contributed by atoms with E-state index in [-0.39, 0.29) is 11.7 Å². The average molecular weight is 274 g/mol. The number of hydrogen-bond donors (Lipinski definition) is 3. The van der Waals surface area contributed by atoms with Crippen molar-refractivity contribution in [1.82, 2.24) is 9.78 Å². The quantitative estimate of drug-likeness (QED) is 0.733. The molecule has 6 heteroatoms. The van der Waals surface area contributed by atoms with Gasteiger partial charge in [-0.1, -0.05) is 13.0 Å². The van der Waals surface area contributed by atoms with Gasteiger partial charge in [0.25, 0.3) is 0 Å². The van der Waals surface area contributed by atoms with E-state index in [2.05, 4.69) is 10.4 Å². The summed E-state index contributed by atoms with van der Waals surface area (Å²) in [7, 11) is 1.75. The summed E-state index contributed by atoms with van der Waals surface area (Å²) >= 11 is 0. The zero-order valence-electron chi connectivity index (χ0n) is 11.5. The van der Waals surface area contributed by atoms with Gasteiger partial charge in [0.1, 0.15) is 11.8 Å². The third-order valence-corrected chi connectivity index (χ3v) is 3.09. The molecule has 1 amide bonds. The number of nitrogens with zero attached hydrogens (tertiary/aromatic N) is 2. The number of hydrogen-bond acceptors (Lipinski definition) is 4. The van der Waals surface area contributed by atoms with E-state index in [9.17, 15) is 9.90 Å². The van der Waals surface area contributed by atoms with E-state index in [1.807, 2.05) is 13.0 Å². The Hall–Kier alpha value is -2.34. The normalized spacial score (nSPS) is 12.2. The summed E-state index contributed by atoms with van der Waals surface area (Å²) in [5.41, 5.74) is 7.89. The maximum Gasteiger partial charge on any atom is 0.246 e. The summed E-state index contributed by atoms with van der Waals surface area (Å²) in [4.78, 5) is 12.1. The minimum absolute atomic E-state index is 0.0222. The highest BCUT2D eigenvalue weighted by Crippen LogP contribution is 2.25. The molecule has 1 aromatic heterocycles. The lowest BCUT2D eigenvalue weighted by atomic mass is 10.1. The van der Waals surface area contributed by atoms with Crippen LogP contribution in [0, 0.1) is 0 Å². The molecule has 0 aliphatic carbocycles. The molecule has 0 spiro atoms. The van der Waals surface area contributed by atoms with E-state index in [1.54, 1.807) is 36.3 Å². The van der Waals surface area contributed by atoms with Crippen LogP contribution in [0.5, 0.6) is 5.75 Å². The molecule has 1 aromatic carbocycles. The van der Waals surface area contributed by atoms with Crippen molar-refractivity contribution in [3.63, 3.8) is 0 Å². The molecule has 1 unspecified atom stereocenters. The van der Waals surface area contributed by atoms with E-state index in [0.717, 1.165) is 12.0 Å². The first-order valence-corrected chi connectivity index (χ1v) is 6.38. The minimum atomic E-state index is -0.826. The molecule has 0 aliphatic rings. The number of rotatable bonds is 4. The van der Waals surface area contributed by atoms with Crippen molar-refractivity contribution in [2.24, 2.45) is 12.8 Å². The first-order valence-electron chi connectivity index (χ1n) is 6.38. The van der Waals surface area contributed by atoms with Gasteiger partial charge in [0.2, 0.25) is 5.91 Å². The van der Waals surface area contributed by atoms with Crippen LogP contribution in [0.1, 0.15) is 24.1 Å². The number of aromatic hydroxyl groups is 1. The Morgan fingerprint density at radius 2 is 2.30 bits per heavy atom. The molecule has 106 valence electrons. The van der Waals surface area contributed by atoms with Crippen LogP contribution in [0.25, 0.3) is 0 Å². The van der Waals surface area contributed by atoms with Gasteiger partial charge < -0.3 is 16.2 Å². The first-order chi connectivity index (χ1) is 9.51. The standard InChI is InChI=1S/C14H18N4O2/c1-3-9-4-5-12(19)11(6-9)17-14(20)13(15)10-7-16-18(2)8-10/h4-8,13,19H,3,15H2,1-2H3,(H,17,20). The second kappa shape index (κ2) is 5.75. The van der Waals surface area contributed by atoms with Crippen LogP contribution in [-0.2, 0) is 18.3 Å². The van der Waals surface area contributed by atoms with Crippen molar-refractivity contribution < 1.29 is 9.90 Å². The predicted molar refractivity (Wildman–Crippen MR) is 76.3 cm³/mol. The number of carbonyl (C=O) groups excluding carboxylic acids is 1. The van der Waals surface area contributed by atoms with Gasteiger partial charge in [0, 0.05) is 18.8 Å². The number of aromatic nitrogens is 2. The second-order valence-corrected chi connectivity index (χ2v) is 4.62. The largest absolute Gasteiger partial charge is 0.506 e. The summed E-state index contributed by atoms with van der Waals surface area (Å²) in [5, 5.41) is 16.4. The number of aryl methyl sites for hydroxylation is 2. The summed E-state index contributed by atoms with van der Waals surface area (Å²) in [6.45, 7) is 2.00. The van der Waals surface area contributed by atoms with Gasteiger partial charge in [-0.05, 0) is 24.1 Å². The number of carbonyl (C=O) groups is 1. The maximum absolute atomic E-state index is 12.1. The van der Waals surface area contributed by atoms with Crippen LogP contribution in [0.15, 0.2) is 30.6 Å². The zero-order chi connectivity index (χ0) is 14.7. The SMILES string of the molecule is CCc1ccc(O)c(NC(=O)C(N)c2cnn(C)c2)c1. The van der Waals surface area contributed by atoms with Crippen LogP contribution in [0.3, 0.4) is 0 Å². The summed E-state index contributed by atoms with van der Waals surface area (Å²) in [6, 6.07) is 4.28. The van der Waals surface area contributed by atoms with Crippen LogP contribution >= 0.6 is 0 Å². The molecular formula is C14H18N4O2. The highest BCUT2D eigenvalue weighted by Gasteiger charge is 2.18. The van der Waals surface area contributed by atoms with Gasteiger partial charge >= 0.3 is 0 Å². The number of nitrogens with one attached hydrogen (secondary N) is 1. The van der Waals surface area contributed by atoms with E-state index in [1.165, 1.54) is 0 Å². The van der Waals surface area contributed by atoms with Crippen molar-refractivity contribution >= 4 is 11.6 Å². The minimum Gasteiger partial charge on any atom is -0.506 e. The first kappa shape index (κ1) is 14.1. The molecule has 0 aliphatic heterocycles. The monoisotopic (exact) mass is 274 g/mol. The van der Waals surface area contributed by atoms with Gasteiger partial charge in [-0.3, -0.25) is 9.48 Å². The van der Waals surface area contributed by atoms with Crippen LogP contribution in [-0.4, -0.2) is 20.8 Å². The average Bonchev–Trinajstić information content (AvgIpc) is 2.87. The highest BCUT2D eigenvalue weighted by molar-refractivity contribution is 5.96. The summed E-state index contributed by atoms with van der Waals surface area (Å²) in [6.07, 6.45) is 4.05. The fourth-order valence-electron chi connectivity index (χ4n) is 1.87. The molecule has 0 saturated carbocycles. The lowest BCUT2D eigenvalue weighted by Crippen LogP contribution is -2.27. The number of amides is 1. The highest BCUT2D eigenvalue weighted by atomic mass is 16.3. The lowest BCUT2D eigenvalue weighted by molar-refractivity contribution is -0.117. The Bertz CT molecular complexity index is 621. The Labute approximate surface area is 117 Å². The molecule has 0 saturated heterocycles. The van der Waals surface area contributed by atoms with Crippen molar-refractivity contribution in [2.45, 2.75) is 19.4 Å². The predicted octanol–water partition coefficient (Wildman–Crippen LogP) is 1.33. The van der Waals surface area contributed by atoms with Gasteiger partial charge in [0.05, 0.1) is 11.9 Å². The number of phenolic OH excluding ortho intramolecular Hbond substituents is 1. The van der Waals surface area contributed by atoms with Crippen molar-refractivity contribution in [2.75, 3.05) is 5.32 Å². The Morgan fingerprint density at radius 3 is 2.90 bits per heavy atom. The van der Waals surface area contributed by atoms with E-state index in [4.69, 9.17) is 5.73 Å². The number of phenols is 1. The third-order valence-electron chi connectivity index (χ3n) is 3.09. The zero-order valence-corrected chi connectivity index (χ0v) is 11.5. The summed E-state index contributed by atoms with van der Waals surface area (Å²) < 4.78 is 1.58. The molecule has 1 atom stereocenters. The number of benzene rings is 1. The van der Waals surface area contributed by atoms with Crippen molar-refractivity contribution in [3.8, 4) is 5.75 Å². The van der Waals surface area contributed by atoms with E-state index >= 15 is 0 Å². The fraction of sp³-hybridized carbons (Fsp3) is 0.286. The van der Waals surface area contributed by atoms with Crippen LogP contribution < -0.4 is 11.1 Å². The smallest absolute Gasteiger partial charge is 0.246 e. The molecule has 2 rings (SSSR count). The Morgan fingerprint density at radius 1 is 1.55 bits per heavy atom. The second-order valence-electron chi connectivity index (χ2n) is 4.62. The topological polar surface area (TPSA) is 93.2 Å². The molecule has 0 fully saturated rings. The van der Waals surface area contributed by atoms with Crippen molar-refractivity contribution in [1.29, 1.82) is 0 Å². The summed E-state index contributed by atoms with van der Waals surface area (Å²) in [5.74, 6) is -0.365. The molecule has 2 aromatic rings. The molecular weight excluding hydrogens is 256 g/mol. The van der Waals surface area contributed by atoms with Crippen LogP contribution in [0.2, 0.25) is 0 Å². The molecule has 0 bridgehead atoms. The third kappa shape index (κ3) is 2.97. The molecule has 4 N–H and O–H groups in total. The van der Waals surface area contributed by atoms with Crippen molar-refractivity contribution in [3.05, 3.63) is 41.7 Å². The number of anilines is 1. The van der Waals surface area contributed by atoms with E-state index in [0.29, 0.717) is 11.3 Å². The van der Waals surface area contributed by atoms with Gasteiger partial charge in [-0.15, -0.1) is 0 Å². The van der Waals surface area contributed by atoms with Gasteiger partial charge in [-0.25, -0.2) is 0 Å². The lowest BCUT2D eigenvalue weighted by Gasteiger charge is -2.12. The Kier molecular flexibility index (Phi) is 4.05. The Balaban J connectivity index is 2.15. The molecule has 6 nitrogen and oxygen atoms in total. The van der Waals surface area contributed by atoms with E-state index < -0.39 is 6.04 Å². The molecule has 20 heavy (non-hydrogen) atoms. The molecule has 0 radical (unpaired) electrons.